The van der Waals surface area contributed by atoms with Crippen molar-refractivity contribution >= 4 is 28.3 Å². The molecular formula is C28H33N7O. The number of benzene rings is 1. The van der Waals surface area contributed by atoms with Gasteiger partial charge in [-0.2, -0.15) is 5.10 Å². The monoisotopic (exact) mass is 483 g/mol. The number of pyridine rings is 1. The highest BCUT2D eigenvalue weighted by molar-refractivity contribution is 5.95. The molecule has 1 saturated carbocycles. The zero-order valence-corrected chi connectivity index (χ0v) is 21.2. The average molecular weight is 484 g/mol. The summed E-state index contributed by atoms with van der Waals surface area (Å²) in [4.78, 5) is 21.6. The van der Waals surface area contributed by atoms with E-state index in [0.717, 1.165) is 61.6 Å². The van der Waals surface area contributed by atoms with Crippen LogP contribution in [0.1, 0.15) is 36.2 Å². The number of Topliss-reactive ketones (excluding diaryl/α,β-unsaturated/α-hetero) is 1. The number of hydrogen-bond acceptors (Lipinski definition) is 6. The summed E-state index contributed by atoms with van der Waals surface area (Å²) in [6, 6.07) is 13.4. The molecule has 1 aliphatic carbocycles. The van der Waals surface area contributed by atoms with Crippen LogP contribution in [0.4, 0.5) is 11.5 Å². The standard InChI is InChI=1S/C28H33N7O/c1-19(36)20-4-6-23(7-5-20)33-10-12-34(13-11-33)27-9-8-25-26(21-16-30-32(3)17-21)18-35(28(25)31-27)24-14-22(15-24)29-2/h4-9,16-18,22,24,29H,10-15H2,1-3H3/t22-,24+. The maximum Gasteiger partial charge on any atom is 0.159 e. The Morgan fingerprint density at radius 2 is 1.69 bits per heavy atom. The number of anilines is 2. The Morgan fingerprint density at radius 3 is 2.33 bits per heavy atom. The average Bonchev–Trinajstić information content (AvgIpc) is 3.47. The summed E-state index contributed by atoms with van der Waals surface area (Å²) in [6.45, 7) is 5.28. The number of carbonyl (C=O) groups is 1. The first-order valence-corrected chi connectivity index (χ1v) is 12.8. The fourth-order valence-corrected chi connectivity index (χ4v) is 5.51. The molecule has 186 valence electrons. The fourth-order valence-electron chi connectivity index (χ4n) is 5.51. The van der Waals surface area contributed by atoms with Crippen LogP contribution in [-0.4, -0.2) is 64.4 Å². The van der Waals surface area contributed by atoms with E-state index in [4.69, 9.17) is 4.98 Å². The number of aryl methyl sites for hydroxylation is 1. The molecule has 36 heavy (non-hydrogen) atoms. The molecule has 0 unspecified atom stereocenters. The SMILES string of the molecule is CN[C@H]1C[C@@H](n2cc(-c3cnn(C)c3)c3ccc(N4CCN(c5ccc(C(C)=O)cc5)CC4)nc32)C1. The number of carbonyl (C=O) groups excluding carboxylic acids is 1. The highest BCUT2D eigenvalue weighted by atomic mass is 16.1. The molecule has 0 bridgehead atoms. The molecule has 4 aromatic rings. The molecule has 0 amide bonds. The van der Waals surface area contributed by atoms with E-state index >= 15 is 0 Å². The summed E-state index contributed by atoms with van der Waals surface area (Å²) in [5, 5.41) is 8.98. The van der Waals surface area contributed by atoms with Crippen molar-refractivity contribution in [3.63, 3.8) is 0 Å². The van der Waals surface area contributed by atoms with E-state index in [0.29, 0.717) is 12.1 Å². The van der Waals surface area contributed by atoms with Crippen LogP contribution in [-0.2, 0) is 7.05 Å². The Hall–Kier alpha value is -3.65. The van der Waals surface area contributed by atoms with Gasteiger partial charge in [0.05, 0.1) is 6.20 Å². The minimum atomic E-state index is 0.104. The van der Waals surface area contributed by atoms with Gasteiger partial charge < -0.3 is 19.7 Å². The number of rotatable bonds is 6. The van der Waals surface area contributed by atoms with E-state index in [-0.39, 0.29) is 5.78 Å². The second-order valence-corrected chi connectivity index (χ2v) is 10.1. The van der Waals surface area contributed by atoms with Crippen molar-refractivity contribution in [2.24, 2.45) is 7.05 Å². The summed E-state index contributed by atoms with van der Waals surface area (Å²) in [5.41, 5.74) is 5.32. The second kappa shape index (κ2) is 9.09. The van der Waals surface area contributed by atoms with Gasteiger partial charge in [0.1, 0.15) is 11.5 Å². The molecule has 0 spiro atoms. The van der Waals surface area contributed by atoms with Crippen LogP contribution in [0.5, 0.6) is 0 Å². The van der Waals surface area contributed by atoms with Crippen molar-refractivity contribution in [1.29, 1.82) is 0 Å². The van der Waals surface area contributed by atoms with Crippen LogP contribution in [0.25, 0.3) is 22.2 Å². The number of nitrogens with one attached hydrogen (secondary N) is 1. The molecule has 2 aliphatic rings. The van der Waals surface area contributed by atoms with Crippen LogP contribution >= 0.6 is 0 Å². The molecule has 4 heterocycles. The van der Waals surface area contributed by atoms with Gasteiger partial charge in [-0.3, -0.25) is 9.48 Å². The fraction of sp³-hybridized carbons (Fsp3) is 0.393. The predicted octanol–water partition coefficient (Wildman–Crippen LogP) is 3.89. The normalized spacial score (nSPS) is 20.1. The van der Waals surface area contributed by atoms with Crippen LogP contribution < -0.4 is 15.1 Å². The quantitative estimate of drug-likeness (QED) is 0.420. The van der Waals surface area contributed by atoms with E-state index in [9.17, 15) is 4.79 Å². The third kappa shape index (κ3) is 4.05. The van der Waals surface area contributed by atoms with Gasteiger partial charge in [-0.05, 0) is 63.2 Å². The van der Waals surface area contributed by atoms with Crippen LogP contribution in [0.3, 0.4) is 0 Å². The molecule has 8 nitrogen and oxygen atoms in total. The van der Waals surface area contributed by atoms with E-state index < -0.39 is 0 Å². The lowest BCUT2D eigenvalue weighted by Crippen LogP contribution is -2.46. The predicted molar refractivity (Wildman–Crippen MR) is 144 cm³/mol. The molecule has 1 aliphatic heterocycles. The Kier molecular flexibility index (Phi) is 5.76. The zero-order chi connectivity index (χ0) is 24.8. The van der Waals surface area contributed by atoms with Gasteiger partial charge in [-0.1, -0.05) is 0 Å². The third-order valence-electron chi connectivity index (χ3n) is 7.84. The Bertz CT molecular complexity index is 1390. The zero-order valence-electron chi connectivity index (χ0n) is 21.2. The van der Waals surface area contributed by atoms with Gasteiger partial charge in [0.15, 0.2) is 5.78 Å². The maximum absolute atomic E-state index is 11.6. The van der Waals surface area contributed by atoms with Crippen molar-refractivity contribution in [2.75, 3.05) is 43.0 Å². The highest BCUT2D eigenvalue weighted by Crippen LogP contribution is 2.39. The number of aromatic nitrogens is 4. The first kappa shape index (κ1) is 22.8. The molecular weight excluding hydrogens is 450 g/mol. The second-order valence-electron chi connectivity index (χ2n) is 10.1. The largest absolute Gasteiger partial charge is 0.368 e. The summed E-state index contributed by atoms with van der Waals surface area (Å²) in [7, 11) is 4.00. The number of piperazine rings is 1. The van der Waals surface area contributed by atoms with Gasteiger partial charge in [0, 0.05) is 85.5 Å². The van der Waals surface area contributed by atoms with Crippen LogP contribution in [0, 0.1) is 0 Å². The minimum absolute atomic E-state index is 0.104. The molecule has 0 radical (unpaired) electrons. The molecule has 8 heteroatoms. The van der Waals surface area contributed by atoms with Crippen molar-refractivity contribution in [2.45, 2.75) is 31.8 Å². The third-order valence-corrected chi connectivity index (χ3v) is 7.84. The van der Waals surface area contributed by atoms with Crippen LogP contribution in [0.15, 0.2) is 55.0 Å². The number of fused-ring (bicyclic) bond motifs is 1. The van der Waals surface area contributed by atoms with Crippen molar-refractivity contribution in [3.05, 3.63) is 60.6 Å². The smallest absolute Gasteiger partial charge is 0.159 e. The van der Waals surface area contributed by atoms with E-state index in [1.54, 1.807) is 6.92 Å². The first-order chi connectivity index (χ1) is 17.5. The van der Waals surface area contributed by atoms with Gasteiger partial charge >= 0.3 is 0 Å². The first-order valence-electron chi connectivity index (χ1n) is 12.8. The van der Waals surface area contributed by atoms with Crippen LogP contribution in [0.2, 0.25) is 0 Å². The Morgan fingerprint density at radius 1 is 0.972 bits per heavy atom. The molecule has 2 fully saturated rings. The van der Waals surface area contributed by atoms with Crippen molar-refractivity contribution < 1.29 is 4.79 Å². The molecule has 1 aromatic carbocycles. The van der Waals surface area contributed by atoms with Gasteiger partial charge in [0.2, 0.25) is 0 Å². The number of nitrogens with zero attached hydrogens (tertiary/aromatic N) is 6. The Labute approximate surface area is 211 Å². The van der Waals surface area contributed by atoms with E-state index in [1.807, 2.05) is 37.1 Å². The molecule has 0 atom stereocenters. The molecule has 3 aromatic heterocycles. The van der Waals surface area contributed by atoms with E-state index in [2.05, 4.69) is 61.4 Å². The van der Waals surface area contributed by atoms with Gasteiger partial charge in [-0.15, -0.1) is 0 Å². The lowest BCUT2D eigenvalue weighted by molar-refractivity contribution is 0.101. The minimum Gasteiger partial charge on any atom is -0.368 e. The van der Waals surface area contributed by atoms with Gasteiger partial charge in [0.25, 0.3) is 0 Å². The van der Waals surface area contributed by atoms with Crippen molar-refractivity contribution in [1.82, 2.24) is 24.6 Å². The van der Waals surface area contributed by atoms with E-state index in [1.165, 1.54) is 16.6 Å². The van der Waals surface area contributed by atoms with Crippen molar-refractivity contribution in [3.8, 4) is 11.1 Å². The van der Waals surface area contributed by atoms with Gasteiger partial charge in [-0.25, -0.2) is 4.98 Å². The maximum atomic E-state index is 11.6. The Balaban J connectivity index is 1.25. The summed E-state index contributed by atoms with van der Waals surface area (Å²) in [6.07, 6.45) is 8.54. The number of ketones is 1. The number of hydrogen-bond donors (Lipinski definition) is 1. The lowest BCUT2D eigenvalue weighted by Gasteiger charge is -2.37. The summed E-state index contributed by atoms with van der Waals surface area (Å²) in [5.74, 6) is 1.14. The molecule has 1 saturated heterocycles. The summed E-state index contributed by atoms with van der Waals surface area (Å²) >= 11 is 0. The topological polar surface area (TPSA) is 71.2 Å². The summed E-state index contributed by atoms with van der Waals surface area (Å²) < 4.78 is 4.25. The molecule has 1 N–H and O–H groups in total. The lowest BCUT2D eigenvalue weighted by atomic mass is 9.87. The highest BCUT2D eigenvalue weighted by Gasteiger charge is 2.31. The molecule has 6 rings (SSSR count).